The van der Waals surface area contributed by atoms with Crippen LogP contribution in [0.25, 0.3) is 0 Å². The maximum Gasteiger partial charge on any atom is 0.223 e. The Morgan fingerprint density at radius 3 is 2.58 bits per heavy atom. The van der Waals surface area contributed by atoms with Crippen molar-refractivity contribution in [1.29, 1.82) is 0 Å². The molecule has 1 aliphatic heterocycles. The number of carbonyl (C=O) groups excluding carboxylic acids is 1. The molecule has 1 aromatic rings. The highest BCUT2D eigenvalue weighted by molar-refractivity contribution is 5.78. The molecule has 104 valence electrons. The minimum atomic E-state index is -0.579. The van der Waals surface area contributed by atoms with Crippen LogP contribution in [0.1, 0.15) is 43.9 Å². The highest BCUT2D eigenvalue weighted by atomic mass is 16.3. The molecule has 0 radical (unpaired) electrons. The van der Waals surface area contributed by atoms with E-state index in [1.165, 1.54) is 5.56 Å². The van der Waals surface area contributed by atoms with Gasteiger partial charge in [-0.3, -0.25) is 4.79 Å². The lowest BCUT2D eigenvalue weighted by Gasteiger charge is -2.20. The van der Waals surface area contributed by atoms with Crippen LogP contribution in [-0.2, 0) is 11.2 Å². The number of nitrogens with zero attached hydrogens (tertiary/aromatic N) is 1. The molecule has 2 atom stereocenters. The van der Waals surface area contributed by atoms with Crippen LogP contribution in [0.4, 0.5) is 0 Å². The number of benzene rings is 1. The summed E-state index contributed by atoms with van der Waals surface area (Å²) < 4.78 is 0. The first-order valence-electron chi connectivity index (χ1n) is 7.14. The second kappa shape index (κ2) is 6.20. The first-order chi connectivity index (χ1) is 9.10. The standard InChI is InChI=1S/C16H23NO2/c1-3-4-13-5-7-14(8-6-13)15(18)11-17-10-12(2)9-16(17)19/h5-8,12,15,18H,3-4,9-11H2,1-2H3. The lowest BCUT2D eigenvalue weighted by molar-refractivity contribution is -0.128. The average molecular weight is 261 g/mol. The molecular formula is C16H23NO2. The van der Waals surface area contributed by atoms with E-state index in [0.717, 1.165) is 24.9 Å². The Kier molecular flexibility index (Phi) is 4.59. The van der Waals surface area contributed by atoms with Crippen molar-refractivity contribution < 1.29 is 9.90 Å². The predicted molar refractivity (Wildman–Crippen MR) is 75.8 cm³/mol. The van der Waals surface area contributed by atoms with Gasteiger partial charge in [-0.1, -0.05) is 44.5 Å². The van der Waals surface area contributed by atoms with Crippen LogP contribution in [0.5, 0.6) is 0 Å². The summed E-state index contributed by atoms with van der Waals surface area (Å²) in [6, 6.07) is 8.08. The molecule has 0 aromatic heterocycles. The Labute approximate surface area is 115 Å². The maximum absolute atomic E-state index is 11.7. The number of rotatable bonds is 5. The number of hydrogen-bond donors (Lipinski definition) is 1. The van der Waals surface area contributed by atoms with E-state index in [9.17, 15) is 9.90 Å². The van der Waals surface area contributed by atoms with Gasteiger partial charge in [0.15, 0.2) is 0 Å². The van der Waals surface area contributed by atoms with Crippen molar-refractivity contribution in [2.45, 2.75) is 39.2 Å². The summed E-state index contributed by atoms with van der Waals surface area (Å²) in [6.07, 6.45) is 2.23. The number of amides is 1. The molecule has 0 saturated carbocycles. The highest BCUT2D eigenvalue weighted by Crippen LogP contribution is 2.21. The zero-order chi connectivity index (χ0) is 13.8. The molecule has 0 aliphatic carbocycles. The highest BCUT2D eigenvalue weighted by Gasteiger charge is 2.28. The van der Waals surface area contributed by atoms with Crippen LogP contribution in [0, 0.1) is 5.92 Å². The molecular weight excluding hydrogens is 238 g/mol. The van der Waals surface area contributed by atoms with Gasteiger partial charge < -0.3 is 10.0 Å². The van der Waals surface area contributed by atoms with E-state index in [4.69, 9.17) is 0 Å². The molecule has 2 rings (SSSR count). The number of aliphatic hydroxyl groups is 1. The smallest absolute Gasteiger partial charge is 0.223 e. The lowest BCUT2D eigenvalue weighted by atomic mass is 10.0. The van der Waals surface area contributed by atoms with Crippen LogP contribution >= 0.6 is 0 Å². The molecule has 1 saturated heterocycles. The van der Waals surface area contributed by atoms with E-state index in [0.29, 0.717) is 18.9 Å². The predicted octanol–water partition coefficient (Wildman–Crippen LogP) is 2.54. The zero-order valence-corrected chi connectivity index (χ0v) is 11.8. The van der Waals surface area contributed by atoms with E-state index < -0.39 is 6.10 Å². The molecule has 19 heavy (non-hydrogen) atoms. The molecule has 1 aliphatic rings. The summed E-state index contributed by atoms with van der Waals surface area (Å²) in [5.74, 6) is 0.570. The summed E-state index contributed by atoms with van der Waals surface area (Å²) in [5.41, 5.74) is 2.19. The Morgan fingerprint density at radius 2 is 2.05 bits per heavy atom. The summed E-state index contributed by atoms with van der Waals surface area (Å²) in [6.45, 7) is 5.41. The zero-order valence-electron chi connectivity index (χ0n) is 11.8. The molecule has 0 spiro atoms. The van der Waals surface area contributed by atoms with E-state index >= 15 is 0 Å². The number of aryl methyl sites for hydroxylation is 1. The van der Waals surface area contributed by atoms with E-state index in [1.54, 1.807) is 4.90 Å². The fraction of sp³-hybridized carbons (Fsp3) is 0.562. The third kappa shape index (κ3) is 3.57. The van der Waals surface area contributed by atoms with Crippen molar-refractivity contribution in [3.05, 3.63) is 35.4 Å². The first kappa shape index (κ1) is 14.1. The van der Waals surface area contributed by atoms with E-state index in [-0.39, 0.29) is 5.91 Å². The second-order valence-corrected chi connectivity index (χ2v) is 5.62. The van der Waals surface area contributed by atoms with Crippen LogP contribution in [0.2, 0.25) is 0 Å². The third-order valence-electron chi connectivity index (χ3n) is 3.70. The fourth-order valence-corrected chi connectivity index (χ4v) is 2.66. The van der Waals surface area contributed by atoms with Gasteiger partial charge in [0.1, 0.15) is 0 Å². The average Bonchev–Trinajstić information content (AvgIpc) is 2.69. The lowest BCUT2D eigenvalue weighted by Crippen LogP contribution is -2.30. The summed E-state index contributed by atoms with van der Waals surface area (Å²) >= 11 is 0. The van der Waals surface area contributed by atoms with Gasteiger partial charge in [-0.2, -0.15) is 0 Å². The number of carbonyl (C=O) groups is 1. The molecule has 1 amide bonds. The molecule has 1 aromatic carbocycles. The minimum absolute atomic E-state index is 0.161. The van der Waals surface area contributed by atoms with Crippen molar-refractivity contribution in [2.24, 2.45) is 5.92 Å². The van der Waals surface area contributed by atoms with Gasteiger partial charge in [0.05, 0.1) is 12.6 Å². The fourth-order valence-electron chi connectivity index (χ4n) is 2.66. The van der Waals surface area contributed by atoms with E-state index in [1.807, 2.05) is 12.1 Å². The number of likely N-dealkylation sites (tertiary alicyclic amines) is 1. The third-order valence-corrected chi connectivity index (χ3v) is 3.70. The van der Waals surface area contributed by atoms with Crippen LogP contribution in [0.15, 0.2) is 24.3 Å². The Hall–Kier alpha value is -1.35. The Balaban J connectivity index is 1.95. The van der Waals surface area contributed by atoms with Crippen molar-refractivity contribution in [1.82, 2.24) is 4.90 Å². The van der Waals surface area contributed by atoms with Crippen LogP contribution < -0.4 is 0 Å². The van der Waals surface area contributed by atoms with Gasteiger partial charge in [-0.25, -0.2) is 0 Å². The van der Waals surface area contributed by atoms with Crippen molar-refractivity contribution >= 4 is 5.91 Å². The number of aliphatic hydroxyl groups excluding tert-OH is 1. The Bertz CT molecular complexity index is 427. The van der Waals surface area contributed by atoms with Gasteiger partial charge >= 0.3 is 0 Å². The van der Waals surface area contributed by atoms with Gasteiger partial charge in [-0.05, 0) is 23.5 Å². The summed E-state index contributed by atoms with van der Waals surface area (Å²) in [4.78, 5) is 13.5. The largest absolute Gasteiger partial charge is 0.387 e. The van der Waals surface area contributed by atoms with Crippen molar-refractivity contribution in [3.63, 3.8) is 0 Å². The maximum atomic E-state index is 11.7. The van der Waals surface area contributed by atoms with Crippen LogP contribution in [0.3, 0.4) is 0 Å². The molecule has 3 heteroatoms. The monoisotopic (exact) mass is 261 g/mol. The van der Waals surface area contributed by atoms with Gasteiger partial charge in [0.2, 0.25) is 5.91 Å². The molecule has 1 N–H and O–H groups in total. The SMILES string of the molecule is CCCc1ccc(C(O)CN2CC(C)CC2=O)cc1. The number of β-amino-alcohol motifs (C(OH)–C–C–N with tert-alkyl or cyclic N) is 1. The van der Waals surface area contributed by atoms with Gasteiger partial charge in [0, 0.05) is 13.0 Å². The minimum Gasteiger partial charge on any atom is -0.387 e. The molecule has 0 bridgehead atoms. The number of hydrogen-bond acceptors (Lipinski definition) is 2. The normalized spacial score (nSPS) is 20.9. The molecule has 2 unspecified atom stereocenters. The first-order valence-corrected chi connectivity index (χ1v) is 7.14. The topological polar surface area (TPSA) is 40.5 Å². The van der Waals surface area contributed by atoms with Gasteiger partial charge in [-0.15, -0.1) is 0 Å². The summed E-state index contributed by atoms with van der Waals surface area (Å²) in [5, 5.41) is 10.2. The molecule has 1 fully saturated rings. The van der Waals surface area contributed by atoms with E-state index in [2.05, 4.69) is 26.0 Å². The second-order valence-electron chi connectivity index (χ2n) is 5.62. The van der Waals surface area contributed by atoms with Crippen LogP contribution in [-0.4, -0.2) is 29.0 Å². The van der Waals surface area contributed by atoms with Gasteiger partial charge in [0.25, 0.3) is 0 Å². The quantitative estimate of drug-likeness (QED) is 0.885. The van der Waals surface area contributed by atoms with Crippen molar-refractivity contribution in [3.8, 4) is 0 Å². The Morgan fingerprint density at radius 1 is 1.37 bits per heavy atom. The molecule has 3 nitrogen and oxygen atoms in total. The summed E-state index contributed by atoms with van der Waals surface area (Å²) in [7, 11) is 0. The molecule has 1 heterocycles. The van der Waals surface area contributed by atoms with Crippen molar-refractivity contribution in [2.75, 3.05) is 13.1 Å².